The number of rotatable bonds is 4. The SMILES string of the molecule is Cc1cccc([C@H](C)NC(C)c2cc(Br)ccc2F)c1. The zero-order valence-corrected chi connectivity index (χ0v) is 13.5. The summed E-state index contributed by atoms with van der Waals surface area (Å²) < 4.78 is 14.8. The highest BCUT2D eigenvalue weighted by Gasteiger charge is 2.14. The van der Waals surface area contributed by atoms with Crippen molar-refractivity contribution < 1.29 is 4.39 Å². The van der Waals surface area contributed by atoms with Crippen LogP contribution in [0.4, 0.5) is 4.39 Å². The van der Waals surface area contributed by atoms with Crippen molar-refractivity contribution in [2.75, 3.05) is 0 Å². The Morgan fingerprint density at radius 1 is 1.05 bits per heavy atom. The van der Waals surface area contributed by atoms with Crippen LogP contribution < -0.4 is 5.32 Å². The molecular formula is C17H19BrFN. The molecule has 0 amide bonds. The molecule has 0 aliphatic rings. The van der Waals surface area contributed by atoms with Crippen molar-refractivity contribution in [2.45, 2.75) is 32.9 Å². The lowest BCUT2D eigenvalue weighted by atomic mass is 10.0. The average molecular weight is 336 g/mol. The number of halogens is 2. The molecule has 0 radical (unpaired) electrons. The maximum atomic E-state index is 13.9. The fourth-order valence-corrected chi connectivity index (χ4v) is 2.73. The Morgan fingerprint density at radius 2 is 1.80 bits per heavy atom. The molecule has 0 spiro atoms. The molecule has 3 heteroatoms. The van der Waals surface area contributed by atoms with Crippen molar-refractivity contribution in [3.05, 3.63) is 69.4 Å². The second kappa shape index (κ2) is 6.51. The molecule has 0 heterocycles. The van der Waals surface area contributed by atoms with Crippen LogP contribution in [0.2, 0.25) is 0 Å². The van der Waals surface area contributed by atoms with Crippen molar-refractivity contribution in [1.29, 1.82) is 0 Å². The van der Waals surface area contributed by atoms with E-state index in [9.17, 15) is 4.39 Å². The molecule has 2 aromatic rings. The van der Waals surface area contributed by atoms with Crippen LogP contribution in [0.3, 0.4) is 0 Å². The third-order valence-electron chi connectivity index (χ3n) is 3.47. The Bertz CT molecular complexity index is 597. The number of aryl methyl sites for hydroxylation is 1. The third kappa shape index (κ3) is 3.68. The second-order valence-electron chi connectivity index (χ2n) is 5.19. The van der Waals surface area contributed by atoms with Crippen LogP contribution in [-0.4, -0.2) is 0 Å². The van der Waals surface area contributed by atoms with Crippen LogP contribution in [0.15, 0.2) is 46.9 Å². The molecule has 0 saturated carbocycles. The van der Waals surface area contributed by atoms with E-state index in [1.807, 2.05) is 19.1 Å². The second-order valence-corrected chi connectivity index (χ2v) is 6.11. The molecule has 20 heavy (non-hydrogen) atoms. The van der Waals surface area contributed by atoms with Gasteiger partial charge >= 0.3 is 0 Å². The first kappa shape index (κ1) is 15.2. The lowest BCUT2D eigenvalue weighted by molar-refractivity contribution is 0.473. The van der Waals surface area contributed by atoms with Crippen LogP contribution in [0, 0.1) is 12.7 Å². The van der Waals surface area contributed by atoms with E-state index < -0.39 is 0 Å². The highest BCUT2D eigenvalue weighted by molar-refractivity contribution is 9.10. The molecule has 0 bridgehead atoms. The van der Waals surface area contributed by atoms with E-state index in [0.29, 0.717) is 5.56 Å². The Balaban J connectivity index is 2.15. The van der Waals surface area contributed by atoms with Gasteiger partial charge in [0.15, 0.2) is 0 Å². The summed E-state index contributed by atoms with van der Waals surface area (Å²) in [7, 11) is 0. The smallest absolute Gasteiger partial charge is 0.128 e. The van der Waals surface area contributed by atoms with Crippen LogP contribution in [0.1, 0.15) is 42.6 Å². The number of nitrogens with one attached hydrogen (secondary N) is 1. The van der Waals surface area contributed by atoms with Crippen molar-refractivity contribution in [1.82, 2.24) is 5.32 Å². The van der Waals surface area contributed by atoms with Crippen LogP contribution >= 0.6 is 15.9 Å². The summed E-state index contributed by atoms with van der Waals surface area (Å²) in [5, 5.41) is 3.45. The summed E-state index contributed by atoms with van der Waals surface area (Å²) in [6, 6.07) is 13.5. The van der Waals surface area contributed by atoms with Gasteiger partial charge in [-0.05, 0) is 44.5 Å². The Hall–Kier alpha value is -1.19. The molecule has 0 fully saturated rings. The summed E-state index contributed by atoms with van der Waals surface area (Å²) in [4.78, 5) is 0. The monoisotopic (exact) mass is 335 g/mol. The molecule has 0 aliphatic heterocycles. The summed E-state index contributed by atoms with van der Waals surface area (Å²) >= 11 is 3.39. The Labute approximate surface area is 128 Å². The highest BCUT2D eigenvalue weighted by Crippen LogP contribution is 2.24. The molecule has 1 N–H and O–H groups in total. The maximum Gasteiger partial charge on any atom is 0.128 e. The van der Waals surface area contributed by atoms with Gasteiger partial charge in [-0.2, -0.15) is 0 Å². The van der Waals surface area contributed by atoms with E-state index in [4.69, 9.17) is 0 Å². The van der Waals surface area contributed by atoms with Gasteiger partial charge in [0.1, 0.15) is 5.82 Å². The number of hydrogen-bond acceptors (Lipinski definition) is 1. The highest BCUT2D eigenvalue weighted by atomic mass is 79.9. The molecule has 0 aromatic heterocycles. The summed E-state index contributed by atoms with van der Waals surface area (Å²) in [6.45, 7) is 6.16. The van der Waals surface area contributed by atoms with Gasteiger partial charge in [-0.1, -0.05) is 45.8 Å². The average Bonchev–Trinajstić information content (AvgIpc) is 2.41. The molecule has 1 unspecified atom stereocenters. The molecule has 0 saturated heterocycles. The Kier molecular flexibility index (Phi) is 4.95. The van der Waals surface area contributed by atoms with E-state index in [0.717, 1.165) is 4.47 Å². The Morgan fingerprint density at radius 3 is 2.50 bits per heavy atom. The minimum atomic E-state index is -0.176. The minimum absolute atomic E-state index is 0.0528. The lowest BCUT2D eigenvalue weighted by Crippen LogP contribution is -2.23. The van der Waals surface area contributed by atoms with E-state index in [-0.39, 0.29) is 17.9 Å². The minimum Gasteiger partial charge on any atom is -0.304 e. The fourth-order valence-electron chi connectivity index (χ4n) is 2.35. The van der Waals surface area contributed by atoms with E-state index >= 15 is 0 Å². The van der Waals surface area contributed by atoms with Gasteiger partial charge < -0.3 is 5.32 Å². The third-order valence-corrected chi connectivity index (χ3v) is 3.96. The molecule has 2 atom stereocenters. The van der Waals surface area contributed by atoms with Gasteiger partial charge in [-0.3, -0.25) is 0 Å². The van der Waals surface area contributed by atoms with Crippen LogP contribution in [-0.2, 0) is 0 Å². The van der Waals surface area contributed by atoms with Gasteiger partial charge in [0.25, 0.3) is 0 Å². The zero-order valence-electron chi connectivity index (χ0n) is 12.0. The fraction of sp³-hybridized carbons (Fsp3) is 0.294. The first-order valence-electron chi connectivity index (χ1n) is 6.75. The van der Waals surface area contributed by atoms with Gasteiger partial charge in [0.2, 0.25) is 0 Å². The van der Waals surface area contributed by atoms with Crippen LogP contribution in [0.5, 0.6) is 0 Å². The topological polar surface area (TPSA) is 12.0 Å². The van der Waals surface area contributed by atoms with Gasteiger partial charge in [0.05, 0.1) is 0 Å². The lowest BCUT2D eigenvalue weighted by Gasteiger charge is -2.21. The molecule has 106 valence electrons. The van der Waals surface area contributed by atoms with E-state index in [1.165, 1.54) is 17.2 Å². The van der Waals surface area contributed by atoms with Crippen LogP contribution in [0.25, 0.3) is 0 Å². The van der Waals surface area contributed by atoms with Gasteiger partial charge in [-0.25, -0.2) is 4.39 Å². The van der Waals surface area contributed by atoms with Crippen molar-refractivity contribution >= 4 is 15.9 Å². The number of hydrogen-bond donors (Lipinski definition) is 1. The molecule has 1 nitrogen and oxygen atoms in total. The maximum absolute atomic E-state index is 13.9. The van der Waals surface area contributed by atoms with E-state index in [1.54, 1.807) is 6.07 Å². The normalized spacial score (nSPS) is 14.1. The van der Waals surface area contributed by atoms with Crippen molar-refractivity contribution in [3.8, 4) is 0 Å². The summed E-state index contributed by atoms with van der Waals surface area (Å²) in [5.41, 5.74) is 3.13. The first-order valence-corrected chi connectivity index (χ1v) is 7.54. The van der Waals surface area contributed by atoms with E-state index in [2.05, 4.69) is 53.3 Å². The summed E-state index contributed by atoms with van der Waals surface area (Å²) in [6.07, 6.45) is 0. The molecule has 0 aliphatic carbocycles. The molecule has 2 rings (SSSR count). The van der Waals surface area contributed by atoms with Gasteiger partial charge in [-0.15, -0.1) is 0 Å². The standard InChI is InChI=1S/C17H19BrFN/c1-11-5-4-6-14(9-11)12(2)20-13(3)16-10-15(18)7-8-17(16)19/h4-10,12-13,20H,1-3H3/t12-,13?/m0/s1. The predicted octanol–water partition coefficient (Wildman–Crippen LogP) is 5.31. The number of benzene rings is 2. The van der Waals surface area contributed by atoms with Gasteiger partial charge in [0, 0.05) is 22.1 Å². The molecular weight excluding hydrogens is 317 g/mol. The largest absolute Gasteiger partial charge is 0.304 e. The van der Waals surface area contributed by atoms with Crippen molar-refractivity contribution in [2.24, 2.45) is 0 Å². The molecule has 2 aromatic carbocycles. The zero-order chi connectivity index (χ0) is 14.7. The predicted molar refractivity (Wildman–Crippen MR) is 85.2 cm³/mol. The van der Waals surface area contributed by atoms with Crippen molar-refractivity contribution in [3.63, 3.8) is 0 Å². The first-order chi connectivity index (χ1) is 9.47. The summed E-state index contributed by atoms with van der Waals surface area (Å²) in [5.74, 6) is -0.176. The quantitative estimate of drug-likeness (QED) is 0.798.